The van der Waals surface area contributed by atoms with Gasteiger partial charge in [-0.2, -0.15) is 0 Å². The Labute approximate surface area is 88.7 Å². The number of hydrogen-bond acceptors (Lipinski definition) is 1. The molecule has 0 aromatic heterocycles. The molecule has 0 aromatic carbocycles. The van der Waals surface area contributed by atoms with Crippen LogP contribution in [0.3, 0.4) is 0 Å². The van der Waals surface area contributed by atoms with Gasteiger partial charge >= 0.3 is 0 Å². The zero-order valence-corrected chi connectivity index (χ0v) is 10.8. The molecule has 0 fully saturated rings. The third kappa shape index (κ3) is 2.73. The van der Waals surface area contributed by atoms with Crippen LogP contribution in [0.25, 0.3) is 0 Å². The van der Waals surface area contributed by atoms with Crippen LogP contribution in [0.5, 0.6) is 0 Å². The topological polar surface area (TPSA) is 20.3 Å². The highest BCUT2D eigenvalue weighted by Gasteiger charge is 2.37. The molecule has 0 unspecified atom stereocenters. The zero-order valence-electron chi connectivity index (χ0n) is 10.8. The summed E-state index contributed by atoms with van der Waals surface area (Å²) in [7, 11) is 0. The number of hydrogen-bond donors (Lipinski definition) is 0. The Balaban J connectivity index is 5.06. The van der Waals surface area contributed by atoms with E-state index in [9.17, 15) is 4.79 Å². The molecule has 0 rings (SSSR count). The number of carbonyl (C=O) groups excluding carboxylic acids is 1. The van der Waals surface area contributed by atoms with Gasteiger partial charge in [0.05, 0.1) is 0 Å². The van der Waals surface area contributed by atoms with E-state index in [4.69, 9.17) is 0 Å². The maximum atomic E-state index is 11.7. The van der Waals surface area contributed by atoms with Crippen molar-refractivity contribution in [2.24, 2.45) is 0 Å². The fourth-order valence-corrected chi connectivity index (χ4v) is 1.99. The molecule has 0 atom stereocenters. The Kier molecular flexibility index (Phi) is 4.16. The summed E-state index contributed by atoms with van der Waals surface area (Å²) < 4.78 is 0. The van der Waals surface area contributed by atoms with Crippen LogP contribution in [-0.4, -0.2) is 21.9 Å². The van der Waals surface area contributed by atoms with Crippen LogP contribution in [-0.2, 0) is 4.79 Å². The van der Waals surface area contributed by atoms with Crippen molar-refractivity contribution >= 4 is 5.91 Å². The minimum Gasteiger partial charge on any atom is -0.333 e. The molecule has 14 heavy (non-hydrogen) atoms. The van der Waals surface area contributed by atoms with Gasteiger partial charge in [-0.05, 0) is 40.5 Å². The van der Waals surface area contributed by atoms with Gasteiger partial charge in [0.2, 0.25) is 5.91 Å². The quantitative estimate of drug-likeness (QED) is 0.681. The largest absolute Gasteiger partial charge is 0.333 e. The Hall–Kier alpha value is -0.530. The van der Waals surface area contributed by atoms with E-state index in [0.717, 1.165) is 12.8 Å². The molecule has 0 saturated heterocycles. The molecule has 0 N–H and O–H groups in total. The highest BCUT2D eigenvalue weighted by atomic mass is 16.2. The van der Waals surface area contributed by atoms with Gasteiger partial charge in [-0.25, -0.2) is 0 Å². The molecule has 0 aliphatic carbocycles. The second kappa shape index (κ2) is 4.33. The lowest BCUT2D eigenvalue weighted by Crippen LogP contribution is -2.57. The second-order valence-corrected chi connectivity index (χ2v) is 5.19. The minimum absolute atomic E-state index is 0.0503. The van der Waals surface area contributed by atoms with Crippen LogP contribution in [0.1, 0.15) is 61.3 Å². The van der Waals surface area contributed by atoms with E-state index in [1.54, 1.807) is 6.92 Å². The summed E-state index contributed by atoms with van der Waals surface area (Å²) in [6.45, 7) is 14.4. The summed E-state index contributed by atoms with van der Waals surface area (Å²) in [6.07, 6.45) is 1.96. The van der Waals surface area contributed by atoms with Crippen LogP contribution < -0.4 is 0 Å². The van der Waals surface area contributed by atoms with E-state index in [2.05, 4.69) is 41.5 Å². The van der Waals surface area contributed by atoms with E-state index >= 15 is 0 Å². The molecule has 2 nitrogen and oxygen atoms in total. The molecule has 0 aliphatic rings. The molecular weight excluding hydrogens is 174 g/mol. The lowest BCUT2D eigenvalue weighted by molar-refractivity contribution is -0.142. The number of amides is 1. The zero-order chi connectivity index (χ0) is 11.6. The molecule has 0 bridgehead atoms. The Morgan fingerprint density at radius 3 is 1.43 bits per heavy atom. The fourth-order valence-electron chi connectivity index (χ4n) is 1.99. The standard InChI is InChI=1S/C12H25NO/c1-8-11(4,5)13(10(3)14)12(6,7)9-2/h8-9H2,1-7H3. The minimum atomic E-state index is -0.0503. The van der Waals surface area contributed by atoms with Crippen LogP contribution in [0.2, 0.25) is 0 Å². The van der Waals surface area contributed by atoms with E-state index in [0.29, 0.717) is 0 Å². The van der Waals surface area contributed by atoms with Crippen molar-refractivity contribution < 1.29 is 4.79 Å². The Bertz CT molecular complexity index is 190. The normalized spacial score (nSPS) is 12.8. The van der Waals surface area contributed by atoms with Gasteiger partial charge in [0.15, 0.2) is 0 Å². The Morgan fingerprint density at radius 2 is 1.29 bits per heavy atom. The first-order valence-electron chi connectivity index (χ1n) is 5.50. The van der Waals surface area contributed by atoms with Gasteiger partial charge in [-0.3, -0.25) is 4.79 Å². The average molecular weight is 199 g/mol. The first kappa shape index (κ1) is 13.5. The molecule has 1 amide bonds. The molecule has 2 heteroatoms. The molecule has 0 aromatic rings. The number of carbonyl (C=O) groups is 1. The Morgan fingerprint density at radius 1 is 1.00 bits per heavy atom. The summed E-state index contributed by atoms with van der Waals surface area (Å²) in [5.41, 5.74) is -0.101. The predicted octanol–water partition coefficient (Wildman–Crippen LogP) is 3.21. The predicted molar refractivity (Wildman–Crippen MR) is 61.3 cm³/mol. The van der Waals surface area contributed by atoms with Gasteiger partial charge in [-0.15, -0.1) is 0 Å². The summed E-state index contributed by atoms with van der Waals surface area (Å²) in [5.74, 6) is 0.170. The van der Waals surface area contributed by atoms with E-state index in [1.165, 1.54) is 0 Å². The van der Waals surface area contributed by atoms with Gasteiger partial charge < -0.3 is 4.90 Å². The SMILES string of the molecule is CCC(C)(C)N(C(C)=O)C(C)(C)CC. The first-order chi connectivity index (χ1) is 6.19. The molecule has 0 radical (unpaired) electrons. The maximum Gasteiger partial charge on any atom is 0.220 e. The molecule has 0 spiro atoms. The van der Waals surface area contributed by atoms with Crippen molar-refractivity contribution in [2.75, 3.05) is 0 Å². The van der Waals surface area contributed by atoms with Crippen molar-refractivity contribution in [3.8, 4) is 0 Å². The van der Waals surface area contributed by atoms with Crippen molar-refractivity contribution in [3.63, 3.8) is 0 Å². The fraction of sp³-hybridized carbons (Fsp3) is 0.917. The summed E-state index contributed by atoms with van der Waals surface area (Å²) in [4.78, 5) is 13.7. The number of nitrogens with zero attached hydrogens (tertiary/aromatic N) is 1. The van der Waals surface area contributed by atoms with Gasteiger partial charge in [0.25, 0.3) is 0 Å². The average Bonchev–Trinajstić information content (AvgIpc) is 2.02. The van der Waals surface area contributed by atoms with Crippen LogP contribution in [0.4, 0.5) is 0 Å². The number of rotatable bonds is 4. The lowest BCUT2D eigenvalue weighted by atomic mass is 9.89. The van der Waals surface area contributed by atoms with E-state index in [1.807, 2.05) is 4.90 Å². The highest BCUT2D eigenvalue weighted by Crippen LogP contribution is 2.29. The third-order valence-corrected chi connectivity index (χ3v) is 3.26. The molecular formula is C12H25NO. The molecule has 0 aliphatic heterocycles. The summed E-state index contributed by atoms with van der Waals surface area (Å²) in [5, 5.41) is 0. The first-order valence-corrected chi connectivity index (χ1v) is 5.50. The van der Waals surface area contributed by atoms with Gasteiger partial charge in [0, 0.05) is 18.0 Å². The molecule has 84 valence electrons. The van der Waals surface area contributed by atoms with Crippen molar-refractivity contribution in [1.29, 1.82) is 0 Å². The third-order valence-electron chi connectivity index (χ3n) is 3.26. The van der Waals surface area contributed by atoms with Crippen molar-refractivity contribution in [1.82, 2.24) is 4.90 Å². The monoisotopic (exact) mass is 199 g/mol. The summed E-state index contributed by atoms with van der Waals surface area (Å²) >= 11 is 0. The van der Waals surface area contributed by atoms with E-state index < -0.39 is 0 Å². The van der Waals surface area contributed by atoms with Crippen LogP contribution in [0.15, 0.2) is 0 Å². The maximum absolute atomic E-state index is 11.7. The van der Waals surface area contributed by atoms with E-state index in [-0.39, 0.29) is 17.0 Å². The molecule has 0 saturated carbocycles. The van der Waals surface area contributed by atoms with Crippen molar-refractivity contribution in [2.45, 2.75) is 72.4 Å². The summed E-state index contributed by atoms with van der Waals surface area (Å²) in [6, 6.07) is 0. The smallest absolute Gasteiger partial charge is 0.220 e. The van der Waals surface area contributed by atoms with Crippen LogP contribution >= 0.6 is 0 Å². The van der Waals surface area contributed by atoms with Crippen molar-refractivity contribution in [3.05, 3.63) is 0 Å². The molecule has 0 heterocycles. The van der Waals surface area contributed by atoms with Crippen LogP contribution in [0, 0.1) is 0 Å². The highest BCUT2D eigenvalue weighted by molar-refractivity contribution is 5.75. The van der Waals surface area contributed by atoms with Gasteiger partial charge in [-0.1, -0.05) is 13.8 Å². The second-order valence-electron chi connectivity index (χ2n) is 5.19. The van der Waals surface area contributed by atoms with Gasteiger partial charge in [0.1, 0.15) is 0 Å². The lowest BCUT2D eigenvalue weighted by Gasteiger charge is -2.48.